The number of nitrogens with one attached hydrogen (secondary N) is 3. The Hall–Kier alpha value is -2.86. The van der Waals surface area contributed by atoms with Crippen LogP contribution in [0.5, 0.6) is 0 Å². The Morgan fingerprint density at radius 3 is 2.41 bits per heavy atom. The fraction of sp³-hybridized carbons (Fsp3) is 0.250. The third-order valence-corrected chi connectivity index (χ3v) is 4.32. The van der Waals surface area contributed by atoms with E-state index in [2.05, 4.69) is 16.0 Å². The van der Waals surface area contributed by atoms with Gasteiger partial charge in [-0.15, -0.1) is 0 Å². The van der Waals surface area contributed by atoms with E-state index in [1.54, 1.807) is 48.5 Å². The fourth-order valence-electron chi connectivity index (χ4n) is 2.45. The molecule has 0 radical (unpaired) electrons. The van der Waals surface area contributed by atoms with E-state index in [0.717, 1.165) is 12.8 Å². The van der Waals surface area contributed by atoms with Crippen molar-refractivity contribution in [1.29, 1.82) is 0 Å². The highest BCUT2D eigenvalue weighted by molar-refractivity contribution is 6.30. The second-order valence-electron chi connectivity index (χ2n) is 6.39. The van der Waals surface area contributed by atoms with Gasteiger partial charge in [-0.05, 0) is 55.3 Å². The SMILES string of the molecule is O=C(CCNC(=O)c1ccc(Cl)cc1)Nc1cccc(C(=O)NC2CC2)c1. The van der Waals surface area contributed by atoms with E-state index in [1.165, 1.54) is 0 Å². The maximum atomic E-state index is 12.1. The van der Waals surface area contributed by atoms with Crippen LogP contribution < -0.4 is 16.0 Å². The molecule has 2 aromatic carbocycles. The number of carbonyl (C=O) groups excluding carboxylic acids is 3. The summed E-state index contributed by atoms with van der Waals surface area (Å²) >= 11 is 5.79. The second kappa shape index (κ2) is 8.68. The molecule has 0 unspecified atom stereocenters. The van der Waals surface area contributed by atoms with E-state index in [-0.39, 0.29) is 36.7 Å². The molecule has 6 nitrogen and oxygen atoms in total. The van der Waals surface area contributed by atoms with Crippen LogP contribution in [0.4, 0.5) is 5.69 Å². The van der Waals surface area contributed by atoms with Crippen LogP contribution in [0.2, 0.25) is 5.02 Å². The number of hydrogen-bond acceptors (Lipinski definition) is 3. The summed E-state index contributed by atoms with van der Waals surface area (Å²) in [4.78, 5) is 36.1. The summed E-state index contributed by atoms with van der Waals surface area (Å²) in [5, 5.41) is 8.89. The van der Waals surface area contributed by atoms with Gasteiger partial charge in [0.1, 0.15) is 0 Å². The minimum Gasteiger partial charge on any atom is -0.352 e. The lowest BCUT2D eigenvalue weighted by molar-refractivity contribution is -0.116. The Kier molecular flexibility index (Phi) is 6.08. The van der Waals surface area contributed by atoms with E-state index in [1.807, 2.05) is 0 Å². The molecule has 0 aliphatic heterocycles. The Morgan fingerprint density at radius 1 is 0.963 bits per heavy atom. The van der Waals surface area contributed by atoms with Crippen LogP contribution in [0.25, 0.3) is 0 Å². The van der Waals surface area contributed by atoms with Gasteiger partial charge >= 0.3 is 0 Å². The summed E-state index contributed by atoms with van der Waals surface area (Å²) in [5.41, 5.74) is 1.54. The molecule has 27 heavy (non-hydrogen) atoms. The molecule has 0 heterocycles. The molecule has 1 saturated carbocycles. The first-order valence-electron chi connectivity index (χ1n) is 8.76. The lowest BCUT2D eigenvalue weighted by atomic mass is 10.2. The van der Waals surface area contributed by atoms with Crippen LogP contribution in [-0.4, -0.2) is 30.3 Å². The second-order valence-corrected chi connectivity index (χ2v) is 6.83. The zero-order valence-corrected chi connectivity index (χ0v) is 15.4. The molecule has 3 N–H and O–H groups in total. The van der Waals surface area contributed by atoms with Crippen molar-refractivity contribution in [1.82, 2.24) is 10.6 Å². The van der Waals surface area contributed by atoms with Crippen LogP contribution in [0, 0.1) is 0 Å². The van der Waals surface area contributed by atoms with E-state index in [9.17, 15) is 14.4 Å². The molecular weight excluding hydrogens is 366 g/mol. The zero-order chi connectivity index (χ0) is 19.2. The van der Waals surface area contributed by atoms with Gasteiger partial charge < -0.3 is 16.0 Å². The molecule has 0 aromatic heterocycles. The topological polar surface area (TPSA) is 87.3 Å². The van der Waals surface area contributed by atoms with E-state index in [0.29, 0.717) is 21.8 Å². The van der Waals surface area contributed by atoms with Crippen molar-refractivity contribution in [2.75, 3.05) is 11.9 Å². The smallest absolute Gasteiger partial charge is 0.251 e. The third kappa shape index (κ3) is 5.82. The number of benzene rings is 2. The summed E-state index contributed by atoms with van der Waals surface area (Å²) in [7, 11) is 0. The highest BCUT2D eigenvalue weighted by Gasteiger charge is 2.23. The molecule has 2 aromatic rings. The van der Waals surface area contributed by atoms with Crippen LogP contribution in [0.15, 0.2) is 48.5 Å². The standard InChI is InChI=1S/C20H20ClN3O3/c21-15-6-4-13(5-7-15)19(26)22-11-10-18(25)23-17-3-1-2-14(12-17)20(27)24-16-8-9-16/h1-7,12,16H,8-11H2,(H,22,26)(H,23,25)(H,24,27). The van der Waals surface area contributed by atoms with Gasteiger partial charge in [0.25, 0.3) is 11.8 Å². The van der Waals surface area contributed by atoms with Gasteiger partial charge in [-0.1, -0.05) is 17.7 Å². The van der Waals surface area contributed by atoms with Crippen molar-refractivity contribution in [3.05, 3.63) is 64.7 Å². The quantitative estimate of drug-likeness (QED) is 0.684. The lowest BCUT2D eigenvalue weighted by Gasteiger charge is -2.09. The van der Waals surface area contributed by atoms with Gasteiger partial charge in [0, 0.05) is 40.8 Å². The average Bonchev–Trinajstić information content (AvgIpc) is 3.46. The molecular formula is C20H20ClN3O3. The summed E-state index contributed by atoms with van der Waals surface area (Å²) in [5.74, 6) is -0.645. The number of hydrogen-bond donors (Lipinski definition) is 3. The van der Waals surface area contributed by atoms with Crippen molar-refractivity contribution in [2.45, 2.75) is 25.3 Å². The van der Waals surface area contributed by atoms with Crippen LogP contribution in [0.1, 0.15) is 40.0 Å². The molecule has 1 aliphatic carbocycles. The number of rotatable bonds is 7. The summed E-state index contributed by atoms with van der Waals surface area (Å²) < 4.78 is 0. The Labute approximate surface area is 162 Å². The number of anilines is 1. The average molecular weight is 386 g/mol. The van der Waals surface area contributed by atoms with Crippen molar-refractivity contribution < 1.29 is 14.4 Å². The molecule has 1 aliphatic rings. The van der Waals surface area contributed by atoms with Gasteiger partial charge in [0.15, 0.2) is 0 Å². The highest BCUT2D eigenvalue weighted by Crippen LogP contribution is 2.20. The minimum absolute atomic E-state index is 0.123. The molecule has 0 spiro atoms. The lowest BCUT2D eigenvalue weighted by Crippen LogP contribution is -2.27. The molecule has 3 rings (SSSR count). The van der Waals surface area contributed by atoms with E-state index >= 15 is 0 Å². The van der Waals surface area contributed by atoms with Gasteiger partial charge in [-0.25, -0.2) is 0 Å². The first-order chi connectivity index (χ1) is 13.0. The summed E-state index contributed by atoms with van der Waals surface area (Å²) in [6.07, 6.45) is 2.16. The predicted octanol–water partition coefficient (Wildman–Crippen LogP) is 2.99. The Morgan fingerprint density at radius 2 is 1.70 bits per heavy atom. The molecule has 0 atom stereocenters. The monoisotopic (exact) mass is 385 g/mol. The van der Waals surface area contributed by atoms with Gasteiger partial charge in [0.05, 0.1) is 0 Å². The molecule has 140 valence electrons. The Balaban J connectivity index is 1.45. The van der Waals surface area contributed by atoms with E-state index in [4.69, 9.17) is 11.6 Å². The first kappa shape index (κ1) is 18.9. The van der Waals surface area contributed by atoms with Gasteiger partial charge in [0.2, 0.25) is 5.91 Å². The normalized spacial score (nSPS) is 12.9. The molecule has 3 amide bonds. The summed E-state index contributed by atoms with van der Waals surface area (Å²) in [6.45, 7) is 0.204. The minimum atomic E-state index is -0.266. The van der Waals surface area contributed by atoms with Crippen LogP contribution in [0.3, 0.4) is 0 Å². The van der Waals surface area contributed by atoms with Crippen LogP contribution >= 0.6 is 11.6 Å². The molecule has 0 saturated heterocycles. The van der Waals surface area contributed by atoms with Gasteiger partial charge in [-0.2, -0.15) is 0 Å². The maximum absolute atomic E-state index is 12.1. The van der Waals surface area contributed by atoms with Crippen molar-refractivity contribution in [2.24, 2.45) is 0 Å². The number of amides is 3. The number of halogens is 1. The predicted molar refractivity (Wildman–Crippen MR) is 104 cm³/mol. The number of carbonyl (C=O) groups is 3. The summed E-state index contributed by atoms with van der Waals surface area (Å²) in [6, 6.07) is 13.6. The molecule has 1 fully saturated rings. The van der Waals surface area contributed by atoms with Crippen molar-refractivity contribution >= 4 is 35.0 Å². The Bertz CT molecular complexity index is 848. The zero-order valence-electron chi connectivity index (χ0n) is 14.6. The highest BCUT2D eigenvalue weighted by atomic mass is 35.5. The van der Waals surface area contributed by atoms with Crippen molar-refractivity contribution in [3.63, 3.8) is 0 Å². The largest absolute Gasteiger partial charge is 0.352 e. The fourth-order valence-corrected chi connectivity index (χ4v) is 2.58. The van der Waals surface area contributed by atoms with Crippen LogP contribution in [-0.2, 0) is 4.79 Å². The molecule has 7 heteroatoms. The van der Waals surface area contributed by atoms with Crippen molar-refractivity contribution in [3.8, 4) is 0 Å². The maximum Gasteiger partial charge on any atom is 0.251 e. The van der Waals surface area contributed by atoms with E-state index < -0.39 is 0 Å². The third-order valence-electron chi connectivity index (χ3n) is 4.07. The molecule has 0 bridgehead atoms. The first-order valence-corrected chi connectivity index (χ1v) is 9.13. The van der Waals surface area contributed by atoms with Gasteiger partial charge in [-0.3, -0.25) is 14.4 Å².